The van der Waals surface area contributed by atoms with Crippen LogP contribution in [0.25, 0.3) is 81.8 Å². The molecule has 0 amide bonds. The van der Waals surface area contributed by atoms with Crippen LogP contribution in [0, 0.1) is 0 Å². The Hall–Kier alpha value is -6.04. The zero-order chi connectivity index (χ0) is 40.8. The van der Waals surface area contributed by atoms with Crippen LogP contribution in [0.15, 0.2) is 132 Å². The number of hydrogen-bond donors (Lipinski definition) is 0. The maximum Gasteiger partial charge on any atom is 0.343 e. The molecule has 0 atom stereocenters. The Morgan fingerprint density at radius 2 is 1.32 bits per heavy atom. The van der Waals surface area contributed by atoms with Crippen molar-refractivity contribution in [1.82, 2.24) is 4.57 Å². The number of nitrogens with zero attached hydrogens (tertiary/aromatic N) is 2. The summed E-state index contributed by atoms with van der Waals surface area (Å²) in [7, 11) is 0. The van der Waals surface area contributed by atoms with E-state index in [1.165, 1.54) is 104 Å². The Kier molecular flexibility index (Phi) is 6.50. The fourth-order valence-electron chi connectivity index (χ4n) is 11.2. The smallest absolute Gasteiger partial charge is 0.343 e. The van der Waals surface area contributed by atoms with Gasteiger partial charge in [-0.05, 0) is 110 Å². The fraction of sp³-hybridized carbons (Fsp3) is 0.200. The molecular formula is C55H45BN2OS. The highest BCUT2D eigenvalue weighted by molar-refractivity contribution is 7.32. The molecule has 290 valence electrons. The van der Waals surface area contributed by atoms with Gasteiger partial charge in [0, 0.05) is 58.8 Å². The molecule has 0 saturated carbocycles. The second-order valence-corrected chi connectivity index (χ2v) is 21.2. The summed E-state index contributed by atoms with van der Waals surface area (Å²) in [5.41, 5.74) is 20.4. The van der Waals surface area contributed by atoms with Crippen LogP contribution in [0.5, 0.6) is 0 Å². The van der Waals surface area contributed by atoms with Crippen LogP contribution in [0.4, 0.5) is 11.4 Å². The number of rotatable bonds is 1. The van der Waals surface area contributed by atoms with Crippen molar-refractivity contribution in [3.05, 3.63) is 150 Å². The minimum absolute atomic E-state index is 0.00801. The number of para-hydroxylation sites is 1. The zero-order valence-electron chi connectivity index (χ0n) is 35.4. The highest BCUT2D eigenvalue weighted by atomic mass is 32.1. The number of aromatic nitrogens is 1. The Morgan fingerprint density at radius 1 is 0.567 bits per heavy atom. The summed E-state index contributed by atoms with van der Waals surface area (Å²) in [4.78, 5) is 2.71. The maximum atomic E-state index is 6.58. The molecule has 0 radical (unpaired) electrons. The molecule has 0 fully saturated rings. The van der Waals surface area contributed by atoms with Gasteiger partial charge in [0.15, 0.2) is 0 Å². The van der Waals surface area contributed by atoms with Gasteiger partial charge in [-0.15, -0.1) is 11.3 Å². The Morgan fingerprint density at radius 3 is 2.12 bits per heavy atom. The van der Waals surface area contributed by atoms with E-state index in [4.69, 9.17) is 4.42 Å². The van der Waals surface area contributed by atoms with Gasteiger partial charge in [0.25, 0.3) is 0 Å². The fourth-order valence-corrected chi connectivity index (χ4v) is 12.4. The van der Waals surface area contributed by atoms with E-state index in [1.54, 1.807) is 0 Å². The van der Waals surface area contributed by atoms with Crippen LogP contribution < -0.4 is 15.1 Å². The second kappa shape index (κ2) is 11.2. The summed E-state index contributed by atoms with van der Waals surface area (Å²) >= 11 is 1.98. The molecule has 7 aromatic carbocycles. The molecule has 3 aliphatic rings. The number of fused-ring (bicyclic) bond motifs is 16. The highest BCUT2D eigenvalue weighted by Gasteiger charge is 2.47. The molecule has 5 heterocycles. The van der Waals surface area contributed by atoms with Gasteiger partial charge >= 0.3 is 6.85 Å². The summed E-state index contributed by atoms with van der Waals surface area (Å²) in [5.74, 6) is 0. The van der Waals surface area contributed by atoms with Gasteiger partial charge in [-0.3, -0.25) is 0 Å². The lowest BCUT2D eigenvalue weighted by Gasteiger charge is -2.41. The maximum absolute atomic E-state index is 6.58. The molecule has 0 spiro atoms. The topological polar surface area (TPSA) is 21.3 Å². The Labute approximate surface area is 355 Å². The molecule has 5 heteroatoms. The van der Waals surface area contributed by atoms with E-state index in [1.807, 2.05) is 11.3 Å². The molecular weight excluding hydrogens is 747 g/mol. The van der Waals surface area contributed by atoms with E-state index in [9.17, 15) is 0 Å². The minimum atomic E-state index is -0.126. The molecule has 60 heavy (non-hydrogen) atoms. The van der Waals surface area contributed by atoms with Gasteiger partial charge in [-0.2, -0.15) is 0 Å². The first kappa shape index (κ1) is 34.8. The number of thiophene rings is 1. The van der Waals surface area contributed by atoms with Gasteiger partial charge in [0.1, 0.15) is 11.2 Å². The van der Waals surface area contributed by atoms with Crippen LogP contribution in [-0.4, -0.2) is 11.4 Å². The van der Waals surface area contributed by atoms with Crippen molar-refractivity contribution in [3.63, 3.8) is 0 Å². The number of furan rings is 1. The largest absolute Gasteiger partial charge is 0.456 e. The lowest BCUT2D eigenvalue weighted by atomic mass is 9.47. The highest BCUT2D eigenvalue weighted by Crippen LogP contribution is 2.55. The van der Waals surface area contributed by atoms with Crippen molar-refractivity contribution in [3.8, 4) is 27.9 Å². The normalized spacial score (nSPS) is 15.1. The third kappa shape index (κ3) is 4.36. The number of anilines is 2. The summed E-state index contributed by atoms with van der Waals surface area (Å²) in [6, 6.07) is 48.9. The molecule has 0 N–H and O–H groups in total. The summed E-state index contributed by atoms with van der Waals surface area (Å²) in [6.07, 6.45) is 0. The molecule has 0 saturated heterocycles. The van der Waals surface area contributed by atoms with E-state index in [0.717, 1.165) is 21.9 Å². The van der Waals surface area contributed by atoms with Gasteiger partial charge < -0.3 is 13.8 Å². The number of benzene rings is 7. The number of hydrogen-bond acceptors (Lipinski definition) is 3. The van der Waals surface area contributed by atoms with E-state index in [0.29, 0.717) is 0 Å². The van der Waals surface area contributed by atoms with Crippen LogP contribution in [-0.2, 0) is 16.2 Å². The quantitative estimate of drug-likeness (QED) is 0.154. The van der Waals surface area contributed by atoms with Crippen LogP contribution in [0.2, 0.25) is 0 Å². The van der Waals surface area contributed by atoms with E-state index in [-0.39, 0.29) is 23.1 Å². The lowest BCUT2D eigenvalue weighted by Crippen LogP contribution is -2.59. The predicted octanol–water partition coefficient (Wildman–Crippen LogP) is 14.0. The van der Waals surface area contributed by atoms with Crippen molar-refractivity contribution < 1.29 is 4.42 Å². The predicted molar refractivity (Wildman–Crippen MR) is 257 cm³/mol. The molecule has 10 aromatic rings. The van der Waals surface area contributed by atoms with Crippen molar-refractivity contribution in [2.24, 2.45) is 0 Å². The van der Waals surface area contributed by atoms with Gasteiger partial charge in [0.05, 0.1) is 16.7 Å². The second-order valence-electron chi connectivity index (χ2n) is 20.2. The van der Waals surface area contributed by atoms with Gasteiger partial charge in [-0.25, -0.2) is 0 Å². The van der Waals surface area contributed by atoms with Crippen LogP contribution >= 0.6 is 11.3 Å². The summed E-state index contributed by atoms with van der Waals surface area (Å²) in [6.45, 7) is 18.7. The van der Waals surface area contributed by atoms with E-state index < -0.39 is 0 Å². The Balaban J connectivity index is 1.21. The molecule has 1 aliphatic carbocycles. The summed E-state index contributed by atoms with van der Waals surface area (Å²) < 4.78 is 11.9. The molecule has 0 unspecified atom stereocenters. The average molecular weight is 793 g/mol. The van der Waals surface area contributed by atoms with Crippen molar-refractivity contribution >= 4 is 93.6 Å². The molecule has 2 aliphatic heterocycles. The average Bonchev–Trinajstić information content (AvgIpc) is 3.95. The van der Waals surface area contributed by atoms with Crippen LogP contribution in [0.1, 0.15) is 77.6 Å². The molecule has 3 aromatic heterocycles. The lowest BCUT2D eigenvalue weighted by molar-refractivity contribution is 0.590. The Bertz CT molecular complexity index is 3550. The molecule has 3 nitrogen and oxygen atoms in total. The SMILES string of the molecule is CC(C)(C)c1ccc(N2B3c4sc5ccc(C(C)(C)C)cc5c4-n4c5cc6c(cc5c5ccc(c3c54)-c3cc4c(cc32)C(C)(C)c2ccccc2-4)oc2ccccc26)cc1. The van der Waals surface area contributed by atoms with Crippen molar-refractivity contribution in [2.75, 3.05) is 4.81 Å². The van der Waals surface area contributed by atoms with E-state index in [2.05, 4.69) is 192 Å². The molecule has 13 rings (SSSR count). The zero-order valence-corrected chi connectivity index (χ0v) is 36.2. The van der Waals surface area contributed by atoms with Crippen molar-refractivity contribution in [2.45, 2.75) is 71.6 Å². The third-order valence-corrected chi connectivity index (χ3v) is 15.5. The van der Waals surface area contributed by atoms with Gasteiger partial charge in [0.2, 0.25) is 0 Å². The van der Waals surface area contributed by atoms with E-state index >= 15 is 0 Å². The first-order chi connectivity index (χ1) is 28.8. The first-order valence-electron chi connectivity index (χ1n) is 21.5. The van der Waals surface area contributed by atoms with Crippen molar-refractivity contribution in [1.29, 1.82) is 0 Å². The molecule has 0 bridgehead atoms. The first-order valence-corrected chi connectivity index (χ1v) is 22.3. The van der Waals surface area contributed by atoms with Gasteiger partial charge in [-0.1, -0.05) is 128 Å². The standard InChI is InChI=1S/C55H45BN2OS/c1-53(2,3)30-17-20-32(21-18-30)58-45-29-43-37(33-13-9-11-15-42(33)55(43,7)8)26-38(45)35-22-23-36-39-28-47-40(34-14-10-12-16-46(34)59-47)27-44(39)57-50(36)49(35)56(58)52-51(57)41-25-31(54(4,5)6)19-24-48(41)60-52/h9-29H,1-8H3. The van der Waals surface area contributed by atoms with Crippen LogP contribution in [0.3, 0.4) is 0 Å². The monoisotopic (exact) mass is 792 g/mol. The third-order valence-electron chi connectivity index (χ3n) is 14.3. The minimum Gasteiger partial charge on any atom is -0.456 e. The summed E-state index contributed by atoms with van der Waals surface area (Å²) in [5, 5.41) is 6.15.